The van der Waals surface area contributed by atoms with Crippen LogP contribution in [0, 0.1) is 0 Å². The molecule has 2 nitrogen and oxygen atoms in total. The Morgan fingerprint density at radius 3 is 1.25 bits per heavy atom. The Morgan fingerprint density at radius 1 is 0.875 bits per heavy atom. The number of nitrogens with one attached hydrogen (secondary N) is 2. The van der Waals surface area contributed by atoms with E-state index in [0.29, 0.717) is 0 Å². The predicted octanol–water partition coefficient (Wildman–Crippen LogP) is 0.581. The lowest BCUT2D eigenvalue weighted by atomic mass is 10.6. The fourth-order valence-corrected chi connectivity index (χ4v) is 0.250. The smallest absolute Gasteiger partial charge is 0.00736 e. The Bertz CT molecular complexity index is 24.0. The van der Waals surface area contributed by atoms with Gasteiger partial charge in [0, 0.05) is 13.1 Å². The molecule has 0 aliphatic carbocycles. The molecule has 8 heavy (non-hydrogen) atoms. The molecule has 0 saturated heterocycles. The molecule has 0 aliphatic heterocycles. The Labute approximate surface area is 72.0 Å². The molecule has 0 radical (unpaired) electrons. The van der Waals surface area contributed by atoms with Crippen molar-refractivity contribution >= 4 is 34.0 Å². The summed E-state index contributed by atoms with van der Waals surface area (Å²) < 4.78 is 0. The minimum Gasteiger partial charge on any atom is -0.318 e. The fraction of sp³-hybridized carbons (Fsp3) is 1.00. The molecule has 0 aromatic heterocycles. The summed E-state index contributed by atoms with van der Waals surface area (Å²) in [5.41, 5.74) is 0. The first-order chi connectivity index (χ1) is 2.91. The molecule has 0 rings (SSSR count). The maximum atomic E-state index is 3.01. The van der Waals surface area contributed by atoms with Crippen molar-refractivity contribution in [3.63, 3.8) is 0 Å². The van der Waals surface area contributed by atoms with Crippen molar-refractivity contribution in [3.05, 3.63) is 0 Å². The van der Waals surface area contributed by atoms with Gasteiger partial charge >= 0.3 is 0 Å². The van der Waals surface area contributed by atoms with Gasteiger partial charge in [0.15, 0.2) is 0 Å². The van der Waals surface area contributed by atoms with Crippen molar-refractivity contribution in [1.82, 2.24) is 10.6 Å². The van der Waals surface area contributed by atoms with Gasteiger partial charge in [0.1, 0.15) is 0 Å². The summed E-state index contributed by atoms with van der Waals surface area (Å²) in [7, 11) is 3.88. The Morgan fingerprint density at radius 2 is 1.12 bits per heavy atom. The summed E-state index contributed by atoms with van der Waals surface area (Å²) in [6, 6.07) is 0. The molecule has 0 bridgehead atoms. The number of rotatable bonds is 3. The largest absolute Gasteiger partial charge is 0.318 e. The van der Waals surface area contributed by atoms with Crippen molar-refractivity contribution in [2.24, 2.45) is 0 Å². The maximum Gasteiger partial charge on any atom is 0.00736 e. The van der Waals surface area contributed by atoms with E-state index in [9.17, 15) is 0 Å². The van der Waals surface area contributed by atoms with Crippen LogP contribution in [0.2, 0.25) is 0 Å². The monoisotopic (exact) mass is 248 g/mol. The summed E-state index contributed by atoms with van der Waals surface area (Å²) in [5, 5.41) is 6.01. The summed E-state index contributed by atoms with van der Waals surface area (Å²) in [5.74, 6) is 0. The zero-order valence-electron chi connectivity index (χ0n) is 5.23. The van der Waals surface area contributed by atoms with Crippen LogP contribution >= 0.6 is 34.0 Å². The van der Waals surface area contributed by atoms with Crippen LogP contribution in [0.3, 0.4) is 0 Å². The van der Waals surface area contributed by atoms with E-state index >= 15 is 0 Å². The SMILES string of the molecule is Br.Br.CNCCNC. The Balaban J connectivity index is -0.000000125. The van der Waals surface area contributed by atoms with E-state index in [1.807, 2.05) is 14.1 Å². The molecule has 0 saturated carbocycles. The highest BCUT2D eigenvalue weighted by Gasteiger charge is 1.70. The van der Waals surface area contributed by atoms with E-state index < -0.39 is 0 Å². The summed E-state index contributed by atoms with van der Waals surface area (Å²) in [6.07, 6.45) is 0. The third kappa shape index (κ3) is 15.8. The Hall–Kier alpha value is 0.880. The zero-order valence-corrected chi connectivity index (χ0v) is 8.66. The first-order valence-corrected chi connectivity index (χ1v) is 2.21. The van der Waals surface area contributed by atoms with Crippen LogP contribution in [0.4, 0.5) is 0 Å². The van der Waals surface area contributed by atoms with Crippen LogP contribution in [0.1, 0.15) is 0 Å². The Kier molecular flexibility index (Phi) is 31.2. The first-order valence-electron chi connectivity index (χ1n) is 2.21. The van der Waals surface area contributed by atoms with Gasteiger partial charge in [0.25, 0.3) is 0 Å². The van der Waals surface area contributed by atoms with E-state index in [2.05, 4.69) is 10.6 Å². The topological polar surface area (TPSA) is 24.1 Å². The van der Waals surface area contributed by atoms with E-state index in [1.165, 1.54) is 0 Å². The highest BCUT2D eigenvalue weighted by Crippen LogP contribution is 1.45. The van der Waals surface area contributed by atoms with Crippen molar-refractivity contribution < 1.29 is 0 Å². The van der Waals surface area contributed by atoms with Crippen molar-refractivity contribution in [1.29, 1.82) is 0 Å². The second-order valence-electron chi connectivity index (χ2n) is 1.21. The summed E-state index contributed by atoms with van der Waals surface area (Å²) in [4.78, 5) is 0. The van der Waals surface area contributed by atoms with Gasteiger partial charge in [-0.3, -0.25) is 0 Å². The van der Waals surface area contributed by atoms with E-state index in [1.54, 1.807) is 0 Å². The normalized spacial score (nSPS) is 6.75. The van der Waals surface area contributed by atoms with Gasteiger partial charge in [-0.25, -0.2) is 0 Å². The van der Waals surface area contributed by atoms with Gasteiger partial charge in [-0.15, -0.1) is 34.0 Å². The van der Waals surface area contributed by atoms with Crippen molar-refractivity contribution in [2.75, 3.05) is 27.2 Å². The molecule has 2 N–H and O–H groups in total. The molecule has 0 aromatic rings. The molecule has 0 spiro atoms. The number of likely N-dealkylation sites (N-methyl/N-ethyl adjacent to an activating group) is 2. The van der Waals surface area contributed by atoms with Gasteiger partial charge in [0.05, 0.1) is 0 Å². The van der Waals surface area contributed by atoms with Crippen LogP contribution in [-0.4, -0.2) is 27.2 Å². The average Bonchev–Trinajstić information content (AvgIpc) is 1.61. The number of halogens is 2. The minimum atomic E-state index is 0. The molecular weight excluding hydrogens is 236 g/mol. The van der Waals surface area contributed by atoms with Crippen LogP contribution in [0.15, 0.2) is 0 Å². The van der Waals surface area contributed by atoms with Gasteiger partial charge in [-0.2, -0.15) is 0 Å². The molecule has 0 heterocycles. The standard InChI is InChI=1S/C4H12N2.2BrH/c1-5-3-4-6-2;;/h5-6H,3-4H2,1-2H3;2*1H. The average molecular weight is 250 g/mol. The van der Waals surface area contributed by atoms with Gasteiger partial charge < -0.3 is 10.6 Å². The van der Waals surface area contributed by atoms with E-state index in [0.717, 1.165) is 13.1 Å². The third-order valence-corrected chi connectivity index (χ3v) is 0.625. The van der Waals surface area contributed by atoms with Gasteiger partial charge in [-0.05, 0) is 14.1 Å². The minimum absolute atomic E-state index is 0. The molecule has 0 unspecified atom stereocenters. The highest BCUT2D eigenvalue weighted by molar-refractivity contribution is 8.93. The van der Waals surface area contributed by atoms with Gasteiger partial charge in [0.2, 0.25) is 0 Å². The predicted molar refractivity (Wildman–Crippen MR) is 48.5 cm³/mol. The van der Waals surface area contributed by atoms with Crippen molar-refractivity contribution in [3.8, 4) is 0 Å². The zero-order chi connectivity index (χ0) is 4.83. The molecule has 0 fully saturated rings. The molecule has 0 aromatic carbocycles. The van der Waals surface area contributed by atoms with Gasteiger partial charge in [-0.1, -0.05) is 0 Å². The second kappa shape index (κ2) is 15.7. The molecule has 0 aliphatic rings. The lowest BCUT2D eigenvalue weighted by Gasteiger charge is -1.92. The second-order valence-corrected chi connectivity index (χ2v) is 1.21. The first kappa shape index (κ1) is 15.9. The summed E-state index contributed by atoms with van der Waals surface area (Å²) >= 11 is 0. The quantitative estimate of drug-likeness (QED) is 0.716. The number of hydrogen-bond acceptors (Lipinski definition) is 2. The van der Waals surface area contributed by atoms with Crippen LogP contribution in [0.5, 0.6) is 0 Å². The summed E-state index contributed by atoms with van der Waals surface area (Å²) in [6.45, 7) is 2.10. The fourth-order valence-electron chi connectivity index (χ4n) is 0.250. The van der Waals surface area contributed by atoms with Crippen LogP contribution < -0.4 is 10.6 Å². The third-order valence-electron chi connectivity index (χ3n) is 0.625. The van der Waals surface area contributed by atoms with Crippen LogP contribution in [-0.2, 0) is 0 Å². The van der Waals surface area contributed by atoms with E-state index in [-0.39, 0.29) is 34.0 Å². The molecule has 0 atom stereocenters. The molecule has 54 valence electrons. The molecular formula is C4H14Br2N2. The number of hydrogen-bond donors (Lipinski definition) is 2. The van der Waals surface area contributed by atoms with Crippen LogP contribution in [0.25, 0.3) is 0 Å². The van der Waals surface area contributed by atoms with Crippen molar-refractivity contribution in [2.45, 2.75) is 0 Å². The maximum absolute atomic E-state index is 3.01. The molecule has 4 heteroatoms. The van der Waals surface area contributed by atoms with E-state index in [4.69, 9.17) is 0 Å². The lowest BCUT2D eigenvalue weighted by molar-refractivity contribution is 0.718. The lowest BCUT2D eigenvalue weighted by Crippen LogP contribution is -2.21. The highest BCUT2D eigenvalue weighted by atomic mass is 79.9. The molecule has 0 amide bonds.